The third kappa shape index (κ3) is 2.19. The lowest BCUT2D eigenvalue weighted by Gasteiger charge is -2.09. The second-order valence-corrected chi connectivity index (χ2v) is 5.17. The summed E-state index contributed by atoms with van der Waals surface area (Å²) in [5.41, 5.74) is 3.52. The van der Waals surface area contributed by atoms with Gasteiger partial charge in [-0.15, -0.1) is 0 Å². The standard InChI is InChI=1S/C15H11ClN6/c16-11-1-3-12(4-2-11)21-14-15-17-5-6-22(15)13(9-18-14)10-7-19-20-8-10/h1-9H,(H,18,21)(H,19,20). The van der Waals surface area contributed by atoms with Crippen LogP contribution in [0.3, 0.4) is 0 Å². The van der Waals surface area contributed by atoms with E-state index >= 15 is 0 Å². The molecule has 3 heterocycles. The number of hydrogen-bond donors (Lipinski definition) is 2. The zero-order valence-electron chi connectivity index (χ0n) is 11.4. The Morgan fingerprint density at radius 2 is 1.95 bits per heavy atom. The molecule has 7 heteroatoms. The van der Waals surface area contributed by atoms with Gasteiger partial charge in [0.25, 0.3) is 0 Å². The van der Waals surface area contributed by atoms with Crippen molar-refractivity contribution in [2.75, 3.05) is 5.32 Å². The minimum absolute atomic E-state index is 0.680. The number of benzene rings is 1. The van der Waals surface area contributed by atoms with Gasteiger partial charge in [-0.1, -0.05) is 11.6 Å². The van der Waals surface area contributed by atoms with Crippen LogP contribution in [-0.4, -0.2) is 24.6 Å². The summed E-state index contributed by atoms with van der Waals surface area (Å²) in [5, 5.41) is 10.7. The van der Waals surface area contributed by atoms with Gasteiger partial charge in [-0.3, -0.25) is 9.50 Å². The molecule has 0 radical (unpaired) electrons. The van der Waals surface area contributed by atoms with Crippen LogP contribution in [0.1, 0.15) is 0 Å². The fourth-order valence-electron chi connectivity index (χ4n) is 2.28. The smallest absolute Gasteiger partial charge is 0.180 e. The van der Waals surface area contributed by atoms with Gasteiger partial charge >= 0.3 is 0 Å². The van der Waals surface area contributed by atoms with E-state index in [1.165, 1.54) is 0 Å². The first-order valence-corrected chi connectivity index (χ1v) is 7.03. The lowest BCUT2D eigenvalue weighted by atomic mass is 10.2. The van der Waals surface area contributed by atoms with Crippen LogP contribution in [0.5, 0.6) is 0 Å². The first-order chi connectivity index (χ1) is 10.8. The molecule has 3 aromatic heterocycles. The number of halogens is 1. The first-order valence-electron chi connectivity index (χ1n) is 6.65. The molecular weight excluding hydrogens is 300 g/mol. The lowest BCUT2D eigenvalue weighted by Crippen LogP contribution is -2.00. The highest BCUT2D eigenvalue weighted by Gasteiger charge is 2.10. The van der Waals surface area contributed by atoms with Crippen molar-refractivity contribution in [3.8, 4) is 11.3 Å². The second-order valence-electron chi connectivity index (χ2n) is 4.73. The van der Waals surface area contributed by atoms with Gasteiger partial charge in [0.05, 0.1) is 18.1 Å². The minimum atomic E-state index is 0.680. The molecule has 0 amide bonds. The normalized spacial score (nSPS) is 11.0. The highest BCUT2D eigenvalue weighted by Crippen LogP contribution is 2.25. The highest BCUT2D eigenvalue weighted by atomic mass is 35.5. The Balaban J connectivity index is 1.78. The summed E-state index contributed by atoms with van der Waals surface area (Å²) in [6.45, 7) is 0. The zero-order valence-corrected chi connectivity index (χ0v) is 12.1. The summed E-state index contributed by atoms with van der Waals surface area (Å²) in [6.07, 6.45) is 9.00. The molecule has 0 bridgehead atoms. The molecule has 0 saturated carbocycles. The number of nitrogens with one attached hydrogen (secondary N) is 2. The molecule has 0 aliphatic rings. The van der Waals surface area contributed by atoms with Crippen LogP contribution in [0.2, 0.25) is 5.02 Å². The molecule has 6 nitrogen and oxygen atoms in total. The summed E-state index contributed by atoms with van der Waals surface area (Å²) >= 11 is 5.90. The predicted molar refractivity (Wildman–Crippen MR) is 85.3 cm³/mol. The van der Waals surface area contributed by atoms with E-state index in [0.717, 1.165) is 22.6 Å². The van der Waals surface area contributed by atoms with Crippen LogP contribution in [0.15, 0.2) is 55.2 Å². The van der Waals surface area contributed by atoms with Gasteiger partial charge in [-0.05, 0) is 24.3 Å². The SMILES string of the molecule is Clc1ccc(Nc2ncc(-c3cn[nH]c3)n3ccnc23)cc1. The van der Waals surface area contributed by atoms with Crippen LogP contribution in [0.25, 0.3) is 16.9 Å². The number of anilines is 2. The maximum atomic E-state index is 5.90. The van der Waals surface area contributed by atoms with E-state index in [4.69, 9.17) is 11.6 Å². The Labute approximate surface area is 130 Å². The van der Waals surface area contributed by atoms with Crippen LogP contribution in [0, 0.1) is 0 Å². The topological polar surface area (TPSA) is 70.9 Å². The fraction of sp³-hybridized carbons (Fsp3) is 0. The van der Waals surface area contributed by atoms with E-state index in [1.807, 2.05) is 41.1 Å². The first kappa shape index (κ1) is 12.8. The van der Waals surface area contributed by atoms with Gasteiger partial charge in [0.1, 0.15) is 0 Å². The molecule has 4 rings (SSSR count). The molecule has 0 saturated heterocycles. The molecule has 22 heavy (non-hydrogen) atoms. The predicted octanol–water partition coefficient (Wildman–Crippen LogP) is 3.52. The number of aromatic nitrogens is 5. The Kier molecular flexibility index (Phi) is 3.01. The summed E-state index contributed by atoms with van der Waals surface area (Å²) in [5.74, 6) is 0.680. The molecule has 0 unspecified atom stereocenters. The summed E-state index contributed by atoms with van der Waals surface area (Å²) in [6, 6.07) is 7.44. The van der Waals surface area contributed by atoms with E-state index in [9.17, 15) is 0 Å². The van der Waals surface area contributed by atoms with E-state index in [1.54, 1.807) is 18.6 Å². The van der Waals surface area contributed by atoms with Crippen LogP contribution < -0.4 is 5.32 Å². The molecule has 108 valence electrons. The molecule has 0 aliphatic heterocycles. The van der Waals surface area contributed by atoms with E-state index in [-0.39, 0.29) is 0 Å². The Morgan fingerprint density at radius 1 is 1.09 bits per heavy atom. The van der Waals surface area contributed by atoms with E-state index < -0.39 is 0 Å². The van der Waals surface area contributed by atoms with Gasteiger partial charge in [0.15, 0.2) is 11.5 Å². The van der Waals surface area contributed by atoms with Gasteiger partial charge in [-0.2, -0.15) is 5.10 Å². The molecule has 2 N–H and O–H groups in total. The Hall–Kier alpha value is -2.86. The number of H-pyrrole nitrogens is 1. The zero-order chi connectivity index (χ0) is 14.9. The van der Waals surface area contributed by atoms with Gasteiger partial charge in [-0.25, -0.2) is 9.97 Å². The van der Waals surface area contributed by atoms with Crippen molar-refractivity contribution in [3.05, 3.63) is 60.3 Å². The number of fused-ring (bicyclic) bond motifs is 1. The minimum Gasteiger partial charge on any atom is -0.337 e. The lowest BCUT2D eigenvalue weighted by molar-refractivity contribution is 1.09. The quantitative estimate of drug-likeness (QED) is 0.607. The summed E-state index contributed by atoms with van der Waals surface area (Å²) < 4.78 is 1.97. The molecular formula is C15H11ClN6. The monoisotopic (exact) mass is 310 g/mol. The maximum Gasteiger partial charge on any atom is 0.180 e. The largest absolute Gasteiger partial charge is 0.337 e. The average Bonchev–Trinajstić information content (AvgIpc) is 3.20. The molecule has 0 spiro atoms. The number of aromatic amines is 1. The van der Waals surface area contributed by atoms with Crippen molar-refractivity contribution < 1.29 is 0 Å². The Bertz CT molecular complexity index is 911. The third-order valence-corrected chi connectivity index (χ3v) is 3.58. The Morgan fingerprint density at radius 3 is 2.73 bits per heavy atom. The molecule has 4 aromatic rings. The van der Waals surface area contributed by atoms with Gasteiger partial charge in [0, 0.05) is 34.9 Å². The maximum absolute atomic E-state index is 5.90. The van der Waals surface area contributed by atoms with Crippen LogP contribution in [0.4, 0.5) is 11.5 Å². The van der Waals surface area contributed by atoms with Crippen molar-refractivity contribution in [2.45, 2.75) is 0 Å². The number of hydrogen-bond acceptors (Lipinski definition) is 4. The molecule has 0 atom stereocenters. The summed E-state index contributed by atoms with van der Waals surface area (Å²) in [7, 11) is 0. The van der Waals surface area contributed by atoms with Crippen molar-refractivity contribution in [1.82, 2.24) is 24.6 Å². The van der Waals surface area contributed by atoms with Crippen LogP contribution >= 0.6 is 11.6 Å². The highest BCUT2D eigenvalue weighted by molar-refractivity contribution is 6.30. The number of nitrogens with zero attached hydrogens (tertiary/aromatic N) is 4. The van der Waals surface area contributed by atoms with Crippen molar-refractivity contribution in [3.63, 3.8) is 0 Å². The summed E-state index contributed by atoms with van der Waals surface area (Å²) in [4.78, 5) is 8.87. The van der Waals surface area contributed by atoms with Crippen molar-refractivity contribution >= 4 is 28.8 Å². The second kappa shape index (κ2) is 5.16. The number of rotatable bonds is 3. The van der Waals surface area contributed by atoms with Crippen molar-refractivity contribution in [2.24, 2.45) is 0 Å². The van der Waals surface area contributed by atoms with Gasteiger partial charge in [0.2, 0.25) is 0 Å². The van der Waals surface area contributed by atoms with Crippen LogP contribution in [-0.2, 0) is 0 Å². The average molecular weight is 311 g/mol. The third-order valence-electron chi connectivity index (χ3n) is 3.33. The van der Waals surface area contributed by atoms with Gasteiger partial charge < -0.3 is 5.32 Å². The molecule has 1 aromatic carbocycles. The molecule has 0 aliphatic carbocycles. The molecule has 0 fully saturated rings. The van der Waals surface area contributed by atoms with E-state index in [0.29, 0.717) is 10.8 Å². The fourth-order valence-corrected chi connectivity index (χ4v) is 2.41. The number of imidazole rings is 1. The van der Waals surface area contributed by atoms with E-state index in [2.05, 4.69) is 25.5 Å². The van der Waals surface area contributed by atoms with Crippen molar-refractivity contribution in [1.29, 1.82) is 0 Å².